The standard InChI is InChI=1S/C10H7N3S/c11-10-12-5-7-6-3-1-2-4-8(6)13-9(7)14-10/h1-5,11,13H. The smallest absolute Gasteiger partial charge is 0.203 e. The van der Waals surface area contributed by atoms with E-state index in [2.05, 4.69) is 16.0 Å². The maximum Gasteiger partial charge on any atom is 0.203 e. The van der Waals surface area contributed by atoms with Gasteiger partial charge in [-0.25, -0.2) is 4.98 Å². The number of hydrogen-bond donors (Lipinski definition) is 2. The van der Waals surface area contributed by atoms with Crippen molar-refractivity contribution >= 4 is 32.5 Å². The fraction of sp³-hybridized carbons (Fsp3) is 0. The molecule has 3 aromatic rings. The van der Waals surface area contributed by atoms with Crippen LogP contribution in [0.5, 0.6) is 0 Å². The van der Waals surface area contributed by atoms with Crippen LogP contribution in [0.15, 0.2) is 30.5 Å². The van der Waals surface area contributed by atoms with Gasteiger partial charge in [-0.1, -0.05) is 29.5 Å². The second kappa shape index (κ2) is 2.65. The largest absolute Gasteiger partial charge is 0.346 e. The minimum absolute atomic E-state index is 0.337. The first-order valence-corrected chi connectivity index (χ1v) is 5.07. The summed E-state index contributed by atoms with van der Waals surface area (Å²) in [5.74, 6) is 0. The van der Waals surface area contributed by atoms with E-state index in [1.807, 2.05) is 18.2 Å². The van der Waals surface area contributed by atoms with Gasteiger partial charge in [-0.05, 0) is 6.07 Å². The highest BCUT2D eigenvalue weighted by molar-refractivity contribution is 7.15. The summed E-state index contributed by atoms with van der Waals surface area (Å²) in [5, 5.41) is 9.71. The Kier molecular flexibility index (Phi) is 1.46. The molecule has 0 saturated carbocycles. The zero-order valence-electron chi connectivity index (χ0n) is 7.24. The minimum atomic E-state index is 0.337. The Morgan fingerprint density at radius 1 is 1.21 bits per heavy atom. The molecule has 2 aromatic heterocycles. The third-order valence-corrected chi connectivity index (χ3v) is 3.04. The molecule has 0 radical (unpaired) electrons. The fourth-order valence-electron chi connectivity index (χ4n) is 1.59. The summed E-state index contributed by atoms with van der Waals surface area (Å²) in [6, 6.07) is 8.10. The summed E-state index contributed by atoms with van der Waals surface area (Å²) in [5.41, 5.74) is 1.10. The highest BCUT2D eigenvalue weighted by Gasteiger charge is 2.03. The fourth-order valence-corrected chi connectivity index (χ4v) is 2.33. The molecule has 68 valence electrons. The second-order valence-electron chi connectivity index (χ2n) is 3.08. The first-order valence-electron chi connectivity index (χ1n) is 4.26. The van der Waals surface area contributed by atoms with Gasteiger partial charge >= 0.3 is 0 Å². The highest BCUT2D eigenvalue weighted by atomic mass is 32.1. The van der Waals surface area contributed by atoms with Gasteiger partial charge in [0.1, 0.15) is 4.83 Å². The molecule has 2 N–H and O–H groups in total. The predicted octanol–water partition coefficient (Wildman–Crippen LogP) is 2.26. The summed E-state index contributed by atoms with van der Waals surface area (Å²) in [4.78, 5) is 8.63. The molecule has 4 heteroatoms. The number of fused-ring (bicyclic) bond motifs is 3. The molecular formula is C10H7N3S. The molecule has 1 aromatic carbocycles. The van der Waals surface area contributed by atoms with Crippen molar-refractivity contribution in [2.75, 3.05) is 0 Å². The Bertz CT molecular complexity index is 665. The van der Waals surface area contributed by atoms with Gasteiger partial charge in [0.15, 0.2) is 0 Å². The predicted molar refractivity (Wildman–Crippen MR) is 57.3 cm³/mol. The van der Waals surface area contributed by atoms with Crippen LogP contribution in [0.4, 0.5) is 0 Å². The van der Waals surface area contributed by atoms with Crippen LogP contribution in [0.3, 0.4) is 0 Å². The van der Waals surface area contributed by atoms with E-state index in [-0.39, 0.29) is 0 Å². The van der Waals surface area contributed by atoms with Gasteiger partial charge in [-0.15, -0.1) is 0 Å². The molecule has 0 spiro atoms. The Balaban J connectivity index is 2.63. The first kappa shape index (κ1) is 7.70. The van der Waals surface area contributed by atoms with Gasteiger partial charge in [0.25, 0.3) is 0 Å². The average molecular weight is 201 g/mol. The van der Waals surface area contributed by atoms with Gasteiger partial charge in [0, 0.05) is 22.5 Å². The van der Waals surface area contributed by atoms with Crippen molar-refractivity contribution in [3.63, 3.8) is 0 Å². The third-order valence-electron chi connectivity index (χ3n) is 2.22. The van der Waals surface area contributed by atoms with E-state index in [1.165, 1.54) is 16.7 Å². The van der Waals surface area contributed by atoms with E-state index >= 15 is 0 Å². The zero-order chi connectivity index (χ0) is 9.54. The number of H-pyrrole nitrogens is 1. The Morgan fingerprint density at radius 2 is 2.07 bits per heavy atom. The molecule has 0 aliphatic carbocycles. The van der Waals surface area contributed by atoms with Crippen molar-refractivity contribution in [1.82, 2.24) is 9.97 Å². The number of nitrogens with one attached hydrogen (secondary N) is 2. The Hall–Kier alpha value is -1.68. The highest BCUT2D eigenvalue weighted by Crippen LogP contribution is 2.24. The SMILES string of the molecule is N=c1ncc2c([nH]c3ccccc32)s1. The van der Waals surface area contributed by atoms with Crippen LogP contribution in [0.1, 0.15) is 0 Å². The van der Waals surface area contributed by atoms with Crippen LogP contribution < -0.4 is 4.80 Å². The summed E-state index contributed by atoms with van der Waals surface area (Å²) < 4.78 is 0. The van der Waals surface area contributed by atoms with E-state index in [1.54, 1.807) is 6.20 Å². The Labute approximate surface area is 83.6 Å². The normalized spacial score (nSPS) is 11.1. The topological polar surface area (TPSA) is 52.5 Å². The number of nitrogens with zero attached hydrogens (tertiary/aromatic N) is 1. The molecule has 0 amide bonds. The van der Waals surface area contributed by atoms with E-state index in [0.29, 0.717) is 4.80 Å². The zero-order valence-corrected chi connectivity index (χ0v) is 8.06. The minimum Gasteiger partial charge on any atom is -0.346 e. The average Bonchev–Trinajstić information content (AvgIpc) is 2.54. The van der Waals surface area contributed by atoms with Crippen molar-refractivity contribution in [3.05, 3.63) is 35.3 Å². The van der Waals surface area contributed by atoms with Crippen molar-refractivity contribution < 1.29 is 0 Å². The lowest BCUT2D eigenvalue weighted by Gasteiger charge is -1.87. The molecule has 0 atom stereocenters. The lowest BCUT2D eigenvalue weighted by molar-refractivity contribution is 1.17. The van der Waals surface area contributed by atoms with E-state index in [9.17, 15) is 0 Å². The number of benzene rings is 1. The van der Waals surface area contributed by atoms with Crippen LogP contribution in [0.2, 0.25) is 0 Å². The van der Waals surface area contributed by atoms with E-state index < -0.39 is 0 Å². The quantitative estimate of drug-likeness (QED) is 0.576. The molecule has 3 nitrogen and oxygen atoms in total. The number of hydrogen-bond acceptors (Lipinski definition) is 3. The van der Waals surface area contributed by atoms with Crippen LogP contribution >= 0.6 is 11.3 Å². The second-order valence-corrected chi connectivity index (χ2v) is 4.08. The number of rotatable bonds is 0. The van der Waals surface area contributed by atoms with Crippen molar-refractivity contribution in [1.29, 1.82) is 5.41 Å². The lowest BCUT2D eigenvalue weighted by atomic mass is 10.2. The van der Waals surface area contributed by atoms with Crippen LogP contribution in [0.25, 0.3) is 21.1 Å². The summed E-state index contributed by atoms with van der Waals surface area (Å²) in [7, 11) is 0. The summed E-state index contributed by atoms with van der Waals surface area (Å²) in [6.07, 6.45) is 1.76. The first-order chi connectivity index (χ1) is 6.84. The molecule has 14 heavy (non-hydrogen) atoms. The monoisotopic (exact) mass is 201 g/mol. The van der Waals surface area contributed by atoms with Gasteiger partial charge in [0.2, 0.25) is 4.80 Å². The molecule has 0 unspecified atom stereocenters. The van der Waals surface area contributed by atoms with Gasteiger partial charge in [-0.2, -0.15) is 0 Å². The van der Waals surface area contributed by atoms with Gasteiger partial charge in [-0.3, -0.25) is 5.41 Å². The van der Waals surface area contributed by atoms with Gasteiger partial charge < -0.3 is 4.98 Å². The van der Waals surface area contributed by atoms with Crippen LogP contribution in [0, 0.1) is 5.41 Å². The molecule has 2 heterocycles. The maximum atomic E-state index is 7.44. The van der Waals surface area contributed by atoms with Crippen LogP contribution in [-0.2, 0) is 0 Å². The van der Waals surface area contributed by atoms with Gasteiger partial charge in [0.05, 0.1) is 0 Å². The van der Waals surface area contributed by atoms with E-state index in [0.717, 1.165) is 15.7 Å². The molecule has 3 rings (SSSR count). The number of aromatic amines is 1. The van der Waals surface area contributed by atoms with Crippen molar-refractivity contribution in [2.24, 2.45) is 0 Å². The molecule has 0 fully saturated rings. The van der Waals surface area contributed by atoms with Crippen LogP contribution in [-0.4, -0.2) is 9.97 Å². The Morgan fingerprint density at radius 3 is 3.00 bits per heavy atom. The lowest BCUT2D eigenvalue weighted by Crippen LogP contribution is -1.96. The number of para-hydroxylation sites is 1. The maximum absolute atomic E-state index is 7.44. The summed E-state index contributed by atoms with van der Waals surface area (Å²) in [6.45, 7) is 0. The summed E-state index contributed by atoms with van der Waals surface area (Å²) >= 11 is 1.37. The van der Waals surface area contributed by atoms with Crippen molar-refractivity contribution in [2.45, 2.75) is 0 Å². The molecule has 0 saturated heterocycles. The molecular weight excluding hydrogens is 194 g/mol. The third kappa shape index (κ3) is 0.975. The molecule has 0 aliphatic rings. The molecule has 0 aliphatic heterocycles. The van der Waals surface area contributed by atoms with E-state index in [4.69, 9.17) is 5.41 Å². The molecule has 0 bridgehead atoms. The van der Waals surface area contributed by atoms with Crippen molar-refractivity contribution in [3.8, 4) is 0 Å². The number of aromatic nitrogens is 2.